The van der Waals surface area contributed by atoms with E-state index in [0.29, 0.717) is 31.0 Å². The number of carbonyl (C=O) groups is 1. The van der Waals surface area contributed by atoms with Crippen molar-refractivity contribution in [1.82, 2.24) is 0 Å². The van der Waals surface area contributed by atoms with Crippen molar-refractivity contribution in [2.75, 3.05) is 12.3 Å². The van der Waals surface area contributed by atoms with Crippen LogP contribution in [0, 0.1) is 12.7 Å². The van der Waals surface area contributed by atoms with Crippen LogP contribution < -0.4 is 5.73 Å². The van der Waals surface area contributed by atoms with Crippen LogP contribution in [0.5, 0.6) is 0 Å². The third-order valence-corrected chi connectivity index (χ3v) is 4.64. The molecule has 0 unspecified atom stereocenters. The van der Waals surface area contributed by atoms with Crippen molar-refractivity contribution in [3.63, 3.8) is 0 Å². The van der Waals surface area contributed by atoms with Crippen LogP contribution in [0.25, 0.3) is 10.4 Å². The normalized spacial score (nSPS) is 10.6. The zero-order valence-corrected chi connectivity index (χ0v) is 13.4. The van der Waals surface area contributed by atoms with Crippen molar-refractivity contribution in [2.24, 2.45) is 0 Å². The Morgan fingerprint density at radius 3 is 2.80 bits per heavy atom. The molecule has 2 N–H and O–H groups in total. The number of nitrogen functional groups attached to an aromatic ring is 1. The number of hydrogen-bond acceptors (Lipinski definition) is 4. The lowest BCUT2D eigenvalue weighted by atomic mass is 10.1. The first-order valence-electron chi connectivity index (χ1n) is 5.97. The number of halogens is 2. The third-order valence-electron chi connectivity index (χ3n) is 2.83. The van der Waals surface area contributed by atoms with Gasteiger partial charge in [-0.15, -0.1) is 11.3 Å². The fraction of sp³-hybridized carbons (Fsp3) is 0.214. The van der Waals surface area contributed by atoms with E-state index in [1.54, 1.807) is 26.0 Å². The summed E-state index contributed by atoms with van der Waals surface area (Å²) in [6, 6.07) is 4.79. The summed E-state index contributed by atoms with van der Waals surface area (Å²) < 4.78 is 19.6. The number of rotatable bonds is 3. The van der Waals surface area contributed by atoms with Crippen molar-refractivity contribution >= 4 is 38.9 Å². The van der Waals surface area contributed by atoms with E-state index in [2.05, 4.69) is 15.9 Å². The van der Waals surface area contributed by atoms with Crippen LogP contribution in [0.15, 0.2) is 22.7 Å². The van der Waals surface area contributed by atoms with Gasteiger partial charge in [-0.3, -0.25) is 0 Å². The first-order valence-corrected chi connectivity index (χ1v) is 7.58. The average Bonchev–Trinajstić information content (AvgIpc) is 2.67. The molecule has 6 heteroatoms. The maximum absolute atomic E-state index is 14.0. The number of nitrogens with two attached hydrogens (primary N) is 1. The van der Waals surface area contributed by atoms with Crippen LogP contribution in [-0.2, 0) is 4.74 Å². The molecule has 0 saturated carbocycles. The Hall–Kier alpha value is -1.40. The second kappa shape index (κ2) is 5.93. The monoisotopic (exact) mass is 357 g/mol. The number of ether oxygens (including phenoxy) is 1. The molecule has 3 nitrogen and oxygen atoms in total. The molecule has 0 aliphatic heterocycles. The number of carbonyl (C=O) groups excluding carboxylic acids is 1. The Morgan fingerprint density at radius 1 is 1.50 bits per heavy atom. The van der Waals surface area contributed by atoms with Gasteiger partial charge in [-0.05, 0) is 37.6 Å². The lowest BCUT2D eigenvalue weighted by Gasteiger charge is -2.02. The molecule has 0 spiro atoms. The summed E-state index contributed by atoms with van der Waals surface area (Å²) in [7, 11) is 0. The highest BCUT2D eigenvalue weighted by Gasteiger charge is 2.21. The Morgan fingerprint density at radius 2 is 2.20 bits per heavy atom. The molecular formula is C14H13BrFNO2S. The minimum Gasteiger partial charge on any atom is -0.462 e. The molecule has 2 aromatic rings. The molecular weight excluding hydrogens is 345 g/mol. The average molecular weight is 358 g/mol. The van der Waals surface area contributed by atoms with Gasteiger partial charge in [-0.25, -0.2) is 9.18 Å². The first kappa shape index (κ1) is 15.0. The van der Waals surface area contributed by atoms with Gasteiger partial charge in [0, 0.05) is 14.9 Å². The molecule has 20 heavy (non-hydrogen) atoms. The summed E-state index contributed by atoms with van der Waals surface area (Å²) in [4.78, 5) is 12.8. The van der Waals surface area contributed by atoms with Crippen LogP contribution in [-0.4, -0.2) is 12.6 Å². The lowest BCUT2D eigenvalue weighted by molar-refractivity contribution is 0.0533. The molecule has 0 aliphatic carbocycles. The van der Waals surface area contributed by atoms with E-state index in [1.807, 2.05) is 0 Å². The lowest BCUT2D eigenvalue weighted by Crippen LogP contribution is -2.05. The van der Waals surface area contributed by atoms with Crippen LogP contribution in [0.2, 0.25) is 0 Å². The predicted molar refractivity (Wildman–Crippen MR) is 82.5 cm³/mol. The van der Waals surface area contributed by atoms with Gasteiger partial charge in [-0.2, -0.15) is 0 Å². The van der Waals surface area contributed by atoms with E-state index in [0.717, 1.165) is 11.3 Å². The molecule has 1 aromatic carbocycles. The molecule has 0 bridgehead atoms. The van der Waals surface area contributed by atoms with Crippen molar-refractivity contribution < 1.29 is 13.9 Å². The maximum Gasteiger partial charge on any atom is 0.350 e. The summed E-state index contributed by atoms with van der Waals surface area (Å²) in [5, 5.41) is 0. The predicted octanol–water partition coefficient (Wildman–Crippen LogP) is 4.38. The van der Waals surface area contributed by atoms with Gasteiger partial charge in [0.25, 0.3) is 0 Å². The second-order valence-electron chi connectivity index (χ2n) is 4.14. The molecule has 0 fully saturated rings. The number of thiophene rings is 1. The molecule has 0 atom stereocenters. The smallest absolute Gasteiger partial charge is 0.350 e. The maximum atomic E-state index is 14.0. The minimum absolute atomic E-state index is 0.275. The van der Waals surface area contributed by atoms with E-state index in [-0.39, 0.29) is 12.4 Å². The van der Waals surface area contributed by atoms with Crippen molar-refractivity contribution in [1.29, 1.82) is 0 Å². The second-order valence-corrected chi connectivity index (χ2v) is 6.08. The number of benzene rings is 1. The Balaban J connectivity index is 2.53. The highest BCUT2D eigenvalue weighted by molar-refractivity contribution is 9.10. The van der Waals surface area contributed by atoms with Gasteiger partial charge >= 0.3 is 5.97 Å². The summed E-state index contributed by atoms with van der Waals surface area (Å²) >= 11 is 4.37. The fourth-order valence-corrected chi connectivity index (χ4v) is 3.29. The van der Waals surface area contributed by atoms with E-state index in [4.69, 9.17) is 10.5 Å². The largest absolute Gasteiger partial charge is 0.462 e. The summed E-state index contributed by atoms with van der Waals surface area (Å²) in [5.41, 5.74) is 7.40. The molecule has 1 heterocycles. The molecule has 0 amide bonds. The van der Waals surface area contributed by atoms with Crippen LogP contribution >= 0.6 is 27.3 Å². The van der Waals surface area contributed by atoms with Gasteiger partial charge in [-0.1, -0.05) is 15.9 Å². The van der Waals surface area contributed by atoms with Gasteiger partial charge in [0.05, 0.1) is 12.3 Å². The molecule has 1 aromatic heterocycles. The highest BCUT2D eigenvalue weighted by atomic mass is 79.9. The number of esters is 1. The number of anilines is 1. The quantitative estimate of drug-likeness (QED) is 0.829. The topological polar surface area (TPSA) is 52.3 Å². The molecule has 0 aliphatic rings. The molecule has 106 valence electrons. The van der Waals surface area contributed by atoms with Crippen molar-refractivity contribution in [2.45, 2.75) is 13.8 Å². The van der Waals surface area contributed by atoms with Gasteiger partial charge in [0.2, 0.25) is 0 Å². The summed E-state index contributed by atoms with van der Waals surface area (Å²) in [6.45, 7) is 3.77. The fourth-order valence-electron chi connectivity index (χ4n) is 1.81. The minimum atomic E-state index is -0.470. The van der Waals surface area contributed by atoms with Crippen LogP contribution in [0.1, 0.15) is 22.2 Å². The molecule has 0 radical (unpaired) electrons. The van der Waals surface area contributed by atoms with E-state index in [1.165, 1.54) is 6.07 Å². The first-order chi connectivity index (χ1) is 9.45. The van der Waals surface area contributed by atoms with Crippen LogP contribution in [0.3, 0.4) is 0 Å². The summed E-state index contributed by atoms with van der Waals surface area (Å²) in [5.74, 6) is -0.832. The third kappa shape index (κ3) is 2.71. The Bertz CT molecular complexity index is 669. The molecule has 2 rings (SSSR count). The van der Waals surface area contributed by atoms with E-state index in [9.17, 15) is 9.18 Å². The van der Waals surface area contributed by atoms with Crippen molar-refractivity contribution in [3.05, 3.63) is 38.9 Å². The summed E-state index contributed by atoms with van der Waals surface area (Å²) in [6.07, 6.45) is 0. The van der Waals surface area contributed by atoms with E-state index >= 15 is 0 Å². The van der Waals surface area contributed by atoms with Gasteiger partial charge in [0.15, 0.2) is 0 Å². The Kier molecular flexibility index (Phi) is 4.45. The standard InChI is InChI=1S/C14H13BrFNO2S/c1-3-19-14(18)13-11(17)7(2)12(20-13)9-5-4-8(15)6-10(9)16/h4-6H,3,17H2,1-2H3. The zero-order chi connectivity index (χ0) is 14.9. The zero-order valence-electron chi connectivity index (χ0n) is 11.0. The van der Waals surface area contributed by atoms with Crippen molar-refractivity contribution in [3.8, 4) is 10.4 Å². The molecule has 0 saturated heterocycles. The van der Waals surface area contributed by atoms with Gasteiger partial charge in [0.1, 0.15) is 10.7 Å². The van der Waals surface area contributed by atoms with Crippen LogP contribution in [0.4, 0.5) is 10.1 Å². The van der Waals surface area contributed by atoms with Gasteiger partial charge < -0.3 is 10.5 Å². The highest BCUT2D eigenvalue weighted by Crippen LogP contribution is 2.40. The number of hydrogen-bond donors (Lipinski definition) is 1. The SMILES string of the molecule is CCOC(=O)c1sc(-c2ccc(Br)cc2F)c(C)c1N. The Labute approximate surface area is 128 Å². The van der Waals surface area contributed by atoms with E-state index < -0.39 is 5.97 Å².